The number of likely N-dealkylation sites (N-methyl/N-ethyl adjacent to an activating group) is 1. The van der Waals surface area contributed by atoms with E-state index in [0.717, 1.165) is 5.03 Å². The first-order chi connectivity index (χ1) is 14.2. The van der Waals surface area contributed by atoms with Crippen molar-refractivity contribution in [2.24, 2.45) is 0 Å². The summed E-state index contributed by atoms with van der Waals surface area (Å²) in [7, 11) is 4.25. The molecule has 31 heavy (non-hydrogen) atoms. The number of para-hydroxylation sites is 2. The smallest absolute Gasteiger partial charge is 0.209 e. The summed E-state index contributed by atoms with van der Waals surface area (Å²) in [4.78, 5) is 2.26. The predicted octanol–water partition coefficient (Wildman–Crippen LogP) is 7.30. The highest BCUT2D eigenvalue weighted by Crippen LogP contribution is 2.46. The molecule has 0 radical (unpaired) electrons. The fourth-order valence-corrected chi connectivity index (χ4v) is 5.10. The highest BCUT2D eigenvalue weighted by Gasteiger charge is 2.42. The van der Waals surface area contributed by atoms with Crippen molar-refractivity contribution in [1.29, 1.82) is 0 Å². The number of halogens is 2. The van der Waals surface area contributed by atoms with Crippen LogP contribution in [0.5, 0.6) is 0 Å². The molecule has 0 N–H and O–H groups in total. The summed E-state index contributed by atoms with van der Waals surface area (Å²) in [5.74, 6) is 0. The lowest BCUT2D eigenvalue weighted by Crippen LogP contribution is -2.26. The Morgan fingerprint density at radius 3 is 2.19 bits per heavy atom. The third-order valence-electron chi connectivity index (χ3n) is 6.68. The molecule has 2 aromatic rings. The maximum Gasteiger partial charge on any atom is 0.209 e. The number of fused-ring (bicyclic) bond motifs is 2. The number of hydrogen-bond donors (Lipinski definition) is 0. The van der Waals surface area contributed by atoms with Crippen molar-refractivity contribution in [3.63, 3.8) is 0 Å². The molecule has 0 bridgehead atoms. The molecule has 2 aromatic carbocycles. The van der Waals surface area contributed by atoms with Gasteiger partial charge >= 0.3 is 0 Å². The van der Waals surface area contributed by atoms with E-state index >= 15 is 0 Å². The van der Waals surface area contributed by atoms with E-state index in [1.807, 2.05) is 12.2 Å². The molecular weight excluding hydrogens is 515 g/mol. The van der Waals surface area contributed by atoms with Crippen LogP contribution in [0.2, 0.25) is 0 Å². The fourth-order valence-electron chi connectivity index (χ4n) is 4.98. The van der Waals surface area contributed by atoms with Gasteiger partial charge in [-0.05, 0) is 43.7 Å². The van der Waals surface area contributed by atoms with E-state index in [9.17, 15) is 0 Å². The highest BCUT2D eigenvalue weighted by atomic mass is 127. The van der Waals surface area contributed by atoms with E-state index in [0.29, 0.717) is 0 Å². The quantitative estimate of drug-likeness (QED) is 0.223. The average Bonchev–Trinajstić information content (AvgIpc) is 3.04. The Morgan fingerprint density at radius 1 is 0.935 bits per heavy atom. The normalized spacial score (nSPS) is 20.3. The molecule has 162 valence electrons. The van der Waals surface area contributed by atoms with Crippen molar-refractivity contribution in [2.75, 3.05) is 19.0 Å². The monoisotopic (exact) mass is 545 g/mol. The van der Waals surface area contributed by atoms with Crippen LogP contribution < -0.4 is 4.90 Å². The minimum atomic E-state index is -0.0488. The van der Waals surface area contributed by atoms with Crippen LogP contribution in [0.25, 0.3) is 0 Å². The van der Waals surface area contributed by atoms with Gasteiger partial charge in [-0.1, -0.05) is 61.8 Å². The van der Waals surface area contributed by atoms with E-state index in [1.165, 1.54) is 33.9 Å². The number of hydrogen-bond acceptors (Lipinski definition) is 1. The van der Waals surface area contributed by atoms with Crippen LogP contribution in [0.15, 0.2) is 83.6 Å². The molecule has 0 aromatic heterocycles. The summed E-state index contributed by atoms with van der Waals surface area (Å²) in [6.07, 6.45) is 8.31. The molecule has 2 heterocycles. The van der Waals surface area contributed by atoms with Gasteiger partial charge in [0.25, 0.3) is 0 Å². The lowest BCUT2D eigenvalue weighted by atomic mass is 9.81. The SMILES string of the molecule is CN1/C(=C/C=C(Cl)/C=C/C2=[N+](C)c3ccccc3C2(C)C)C(C)(C)c2ccccc21.I. The van der Waals surface area contributed by atoms with Crippen molar-refractivity contribution in [3.05, 3.63) is 94.7 Å². The van der Waals surface area contributed by atoms with E-state index < -0.39 is 0 Å². The number of allylic oxidation sites excluding steroid dienone is 6. The van der Waals surface area contributed by atoms with Crippen LogP contribution in [0, 0.1) is 0 Å². The van der Waals surface area contributed by atoms with Gasteiger partial charge in [0.2, 0.25) is 5.69 Å². The zero-order valence-electron chi connectivity index (χ0n) is 19.1. The van der Waals surface area contributed by atoms with Gasteiger partial charge in [0.15, 0.2) is 5.71 Å². The topological polar surface area (TPSA) is 6.25 Å². The Bertz CT molecular complexity index is 1140. The minimum Gasteiger partial charge on any atom is -0.347 e. The van der Waals surface area contributed by atoms with Crippen LogP contribution in [0.3, 0.4) is 0 Å². The second-order valence-electron chi connectivity index (χ2n) is 9.22. The maximum absolute atomic E-state index is 6.62. The van der Waals surface area contributed by atoms with Crippen LogP contribution in [0.4, 0.5) is 11.4 Å². The number of benzene rings is 2. The van der Waals surface area contributed by atoms with Crippen molar-refractivity contribution in [1.82, 2.24) is 0 Å². The van der Waals surface area contributed by atoms with Crippen LogP contribution in [0.1, 0.15) is 38.8 Å². The van der Waals surface area contributed by atoms with Crippen LogP contribution in [-0.2, 0) is 10.8 Å². The summed E-state index contributed by atoms with van der Waals surface area (Å²) in [6, 6.07) is 17.2. The second kappa shape index (κ2) is 8.59. The largest absolute Gasteiger partial charge is 0.347 e. The van der Waals surface area contributed by atoms with E-state index in [4.69, 9.17) is 11.6 Å². The lowest BCUT2D eigenvalue weighted by Gasteiger charge is -2.23. The Kier molecular flexibility index (Phi) is 6.60. The average molecular weight is 546 g/mol. The van der Waals surface area contributed by atoms with E-state index in [1.54, 1.807) is 0 Å². The molecule has 0 unspecified atom stereocenters. The molecule has 0 fully saturated rings. The first-order valence-corrected chi connectivity index (χ1v) is 10.8. The molecule has 4 rings (SSSR count). The second-order valence-corrected chi connectivity index (χ2v) is 9.66. The summed E-state index contributed by atoms with van der Waals surface area (Å²) >= 11 is 6.62. The molecule has 0 spiro atoms. The minimum absolute atomic E-state index is 0. The third-order valence-corrected chi connectivity index (χ3v) is 6.93. The highest BCUT2D eigenvalue weighted by molar-refractivity contribution is 14.0. The molecule has 2 aliphatic heterocycles. The van der Waals surface area contributed by atoms with Gasteiger partial charge in [-0.15, -0.1) is 24.0 Å². The summed E-state index contributed by atoms with van der Waals surface area (Å²) < 4.78 is 2.26. The molecule has 0 amide bonds. The van der Waals surface area contributed by atoms with Crippen molar-refractivity contribution >= 4 is 52.7 Å². The Morgan fingerprint density at radius 2 is 1.55 bits per heavy atom. The maximum atomic E-state index is 6.62. The first-order valence-electron chi connectivity index (χ1n) is 10.5. The lowest BCUT2D eigenvalue weighted by molar-refractivity contribution is -0.401. The standard InChI is InChI=1S/C27H30ClN2.HI/c1-26(2)20-11-7-9-13-22(20)29(5)24(26)17-15-19(28)16-18-25-27(3,4)21-12-8-10-14-23(21)30(25)6;/h7-18H,1-6H3;1H/q+1;. The number of nitrogens with zero attached hydrogens (tertiary/aromatic N) is 2. The molecule has 0 aliphatic carbocycles. The molecule has 2 nitrogen and oxygen atoms in total. The van der Waals surface area contributed by atoms with Gasteiger partial charge in [0, 0.05) is 46.6 Å². The van der Waals surface area contributed by atoms with Crippen LogP contribution >= 0.6 is 35.6 Å². The molecule has 0 saturated heterocycles. The Labute approximate surface area is 208 Å². The molecule has 0 saturated carbocycles. The summed E-state index contributed by atoms with van der Waals surface area (Å²) in [5.41, 5.74) is 7.61. The number of rotatable bonds is 3. The van der Waals surface area contributed by atoms with Crippen molar-refractivity contribution in [3.8, 4) is 0 Å². The van der Waals surface area contributed by atoms with Crippen molar-refractivity contribution in [2.45, 2.75) is 38.5 Å². The Balaban J connectivity index is 0.00000272. The first kappa shape index (κ1) is 23.8. The van der Waals surface area contributed by atoms with Gasteiger partial charge in [0.1, 0.15) is 7.05 Å². The summed E-state index contributed by atoms with van der Waals surface area (Å²) in [5, 5.41) is 0.718. The van der Waals surface area contributed by atoms with E-state index in [2.05, 4.69) is 112 Å². The third kappa shape index (κ3) is 3.91. The van der Waals surface area contributed by atoms with Gasteiger partial charge in [0.05, 0.1) is 5.41 Å². The zero-order valence-corrected chi connectivity index (χ0v) is 22.2. The van der Waals surface area contributed by atoms with Crippen LogP contribution in [-0.4, -0.2) is 24.4 Å². The van der Waals surface area contributed by atoms with E-state index in [-0.39, 0.29) is 34.8 Å². The predicted molar refractivity (Wildman–Crippen MR) is 145 cm³/mol. The molecule has 4 heteroatoms. The summed E-state index contributed by atoms with van der Waals surface area (Å²) in [6.45, 7) is 9.06. The fraction of sp³-hybridized carbons (Fsp3) is 0.296. The van der Waals surface area contributed by atoms with Crippen molar-refractivity contribution < 1.29 is 4.58 Å². The zero-order chi connectivity index (χ0) is 21.7. The number of anilines is 1. The molecule has 2 aliphatic rings. The molecule has 0 atom stereocenters. The van der Waals surface area contributed by atoms with Gasteiger partial charge in [-0.25, -0.2) is 0 Å². The van der Waals surface area contributed by atoms with Gasteiger partial charge < -0.3 is 4.90 Å². The van der Waals surface area contributed by atoms with Gasteiger partial charge in [-0.3, -0.25) is 0 Å². The van der Waals surface area contributed by atoms with Gasteiger partial charge in [-0.2, -0.15) is 4.58 Å². The Hall–Kier alpha value is -1.85. The molecular formula is C27H31ClIN2+.